The number of rotatable bonds is 7. The minimum Gasteiger partial charge on any atom is -0.478 e. The summed E-state index contributed by atoms with van der Waals surface area (Å²) in [5.74, 6) is -0.421. The maximum atomic E-state index is 12.0. The molecule has 1 aromatic heterocycles. The van der Waals surface area contributed by atoms with Gasteiger partial charge >= 0.3 is 5.97 Å². The summed E-state index contributed by atoms with van der Waals surface area (Å²) >= 11 is 0. The number of imidazole rings is 1. The van der Waals surface area contributed by atoms with E-state index in [4.69, 9.17) is 9.72 Å². The zero-order valence-corrected chi connectivity index (χ0v) is 16.9. The number of nitrogens with one attached hydrogen (secondary N) is 1. The number of carboxylic acid groups (broad SMARTS) is 1. The van der Waals surface area contributed by atoms with Crippen LogP contribution in [0.2, 0.25) is 0 Å². The Morgan fingerprint density at radius 3 is 2.73 bits per heavy atom. The van der Waals surface area contributed by atoms with Gasteiger partial charge in [0.05, 0.1) is 35.3 Å². The maximum Gasteiger partial charge on any atom is 0.335 e. The molecule has 4 rings (SSSR count). The van der Waals surface area contributed by atoms with Gasteiger partial charge in [-0.1, -0.05) is 30.3 Å². The molecule has 2 heterocycles. The second-order valence-corrected chi connectivity index (χ2v) is 7.67. The summed E-state index contributed by atoms with van der Waals surface area (Å²) in [4.78, 5) is 28.2. The van der Waals surface area contributed by atoms with Gasteiger partial charge in [-0.25, -0.2) is 9.78 Å². The van der Waals surface area contributed by atoms with Crippen LogP contribution < -0.4 is 5.32 Å². The second kappa shape index (κ2) is 8.67. The number of nitrogens with zero attached hydrogens (tertiary/aromatic N) is 2. The molecule has 1 amide bonds. The Morgan fingerprint density at radius 2 is 2.07 bits per heavy atom. The van der Waals surface area contributed by atoms with Gasteiger partial charge in [0.1, 0.15) is 5.82 Å². The molecule has 156 valence electrons. The lowest BCUT2D eigenvalue weighted by Gasteiger charge is -2.21. The van der Waals surface area contributed by atoms with E-state index in [1.165, 1.54) is 6.92 Å². The SMILES string of the molecule is CC(=O)N[C@@H](Cc1ccccc1)c1nc2cc(C(=O)O)ccc2n1C[C@@H]1CCCO1. The zero-order chi connectivity index (χ0) is 21.1. The van der Waals surface area contributed by atoms with E-state index in [-0.39, 0.29) is 23.6 Å². The summed E-state index contributed by atoms with van der Waals surface area (Å²) in [5, 5.41) is 12.4. The fourth-order valence-corrected chi connectivity index (χ4v) is 4.03. The van der Waals surface area contributed by atoms with Crippen LogP contribution >= 0.6 is 0 Å². The first-order valence-electron chi connectivity index (χ1n) is 10.2. The van der Waals surface area contributed by atoms with Gasteiger partial charge in [-0.05, 0) is 43.0 Å². The van der Waals surface area contributed by atoms with Gasteiger partial charge in [0, 0.05) is 13.5 Å². The maximum absolute atomic E-state index is 12.0. The highest BCUT2D eigenvalue weighted by Gasteiger charge is 2.25. The first-order valence-corrected chi connectivity index (χ1v) is 10.2. The fraction of sp³-hybridized carbons (Fsp3) is 0.348. The Balaban J connectivity index is 1.79. The molecule has 0 bridgehead atoms. The van der Waals surface area contributed by atoms with Crippen molar-refractivity contribution in [3.8, 4) is 0 Å². The molecule has 3 aromatic rings. The predicted molar refractivity (Wildman–Crippen MR) is 112 cm³/mol. The van der Waals surface area contributed by atoms with Crippen LogP contribution in [0.15, 0.2) is 48.5 Å². The molecular formula is C23H25N3O4. The Morgan fingerprint density at radius 1 is 1.27 bits per heavy atom. The molecule has 1 aliphatic rings. The minimum absolute atomic E-state index is 0.0787. The number of carbonyl (C=O) groups is 2. The molecule has 1 aliphatic heterocycles. The lowest BCUT2D eigenvalue weighted by molar-refractivity contribution is -0.119. The smallest absolute Gasteiger partial charge is 0.335 e. The van der Waals surface area contributed by atoms with E-state index < -0.39 is 5.97 Å². The van der Waals surface area contributed by atoms with Crippen LogP contribution in [0.4, 0.5) is 0 Å². The molecule has 7 nitrogen and oxygen atoms in total. The van der Waals surface area contributed by atoms with E-state index in [9.17, 15) is 14.7 Å². The van der Waals surface area contributed by atoms with E-state index in [0.717, 1.165) is 30.5 Å². The topological polar surface area (TPSA) is 93.5 Å². The number of hydrogen-bond donors (Lipinski definition) is 2. The average molecular weight is 407 g/mol. The number of ether oxygens (including phenoxy) is 1. The molecule has 0 aliphatic carbocycles. The third kappa shape index (κ3) is 4.36. The minimum atomic E-state index is -0.991. The molecule has 2 N–H and O–H groups in total. The van der Waals surface area contributed by atoms with Crippen LogP contribution in [-0.4, -0.2) is 39.2 Å². The molecular weight excluding hydrogens is 382 g/mol. The molecule has 0 saturated carbocycles. The van der Waals surface area contributed by atoms with Crippen LogP contribution in [0.1, 0.15) is 47.6 Å². The number of carbonyl (C=O) groups excluding carboxylic acids is 1. The zero-order valence-electron chi connectivity index (χ0n) is 16.9. The predicted octanol–water partition coefficient (Wildman–Crippen LogP) is 3.33. The van der Waals surface area contributed by atoms with Gasteiger partial charge in [-0.2, -0.15) is 0 Å². The van der Waals surface area contributed by atoms with Crippen molar-refractivity contribution >= 4 is 22.9 Å². The summed E-state index contributed by atoms with van der Waals surface area (Å²) < 4.78 is 7.91. The van der Waals surface area contributed by atoms with Gasteiger partial charge < -0.3 is 19.7 Å². The van der Waals surface area contributed by atoms with Crippen molar-refractivity contribution in [2.75, 3.05) is 6.61 Å². The fourth-order valence-electron chi connectivity index (χ4n) is 4.03. The van der Waals surface area contributed by atoms with Crippen molar-refractivity contribution in [1.29, 1.82) is 0 Å². The number of aromatic nitrogens is 2. The van der Waals surface area contributed by atoms with Crippen molar-refractivity contribution in [3.63, 3.8) is 0 Å². The lowest BCUT2D eigenvalue weighted by atomic mass is 10.0. The van der Waals surface area contributed by atoms with Crippen molar-refractivity contribution in [2.24, 2.45) is 0 Å². The van der Waals surface area contributed by atoms with Gasteiger partial charge in [0.15, 0.2) is 0 Å². The number of amides is 1. The normalized spacial score (nSPS) is 17.2. The first-order chi connectivity index (χ1) is 14.5. The molecule has 0 radical (unpaired) electrons. The van der Waals surface area contributed by atoms with E-state index in [1.807, 2.05) is 30.3 Å². The summed E-state index contributed by atoms with van der Waals surface area (Å²) in [5.41, 5.74) is 2.72. The Bertz CT molecular complexity index is 1060. The van der Waals surface area contributed by atoms with E-state index in [2.05, 4.69) is 9.88 Å². The number of benzene rings is 2. The summed E-state index contributed by atoms with van der Waals surface area (Å²) in [6, 6.07) is 14.5. The molecule has 1 fully saturated rings. The lowest BCUT2D eigenvalue weighted by Crippen LogP contribution is -2.31. The Kier molecular flexibility index (Phi) is 5.81. The molecule has 1 saturated heterocycles. The summed E-state index contributed by atoms with van der Waals surface area (Å²) in [6.45, 7) is 2.85. The van der Waals surface area contributed by atoms with Crippen molar-refractivity contribution in [2.45, 2.75) is 44.9 Å². The van der Waals surface area contributed by atoms with Crippen LogP contribution in [0.5, 0.6) is 0 Å². The highest BCUT2D eigenvalue weighted by molar-refractivity contribution is 5.92. The number of aromatic carboxylic acids is 1. The van der Waals surface area contributed by atoms with Crippen molar-refractivity contribution in [3.05, 3.63) is 65.5 Å². The van der Waals surface area contributed by atoms with Crippen LogP contribution in [0.3, 0.4) is 0 Å². The van der Waals surface area contributed by atoms with Crippen LogP contribution in [0, 0.1) is 0 Å². The average Bonchev–Trinajstić information content (AvgIpc) is 3.36. The Labute approximate surface area is 174 Å². The van der Waals surface area contributed by atoms with Gasteiger partial charge in [-0.3, -0.25) is 4.79 Å². The number of carboxylic acids is 1. The van der Waals surface area contributed by atoms with Gasteiger partial charge in [0.25, 0.3) is 0 Å². The van der Waals surface area contributed by atoms with E-state index >= 15 is 0 Å². The summed E-state index contributed by atoms with van der Waals surface area (Å²) in [6.07, 6.45) is 2.65. The van der Waals surface area contributed by atoms with Crippen molar-refractivity contribution < 1.29 is 19.4 Å². The molecule has 2 aromatic carbocycles. The second-order valence-electron chi connectivity index (χ2n) is 7.67. The number of hydrogen-bond acceptors (Lipinski definition) is 4. The standard InChI is InChI=1S/C23H25N3O4/c1-15(27)24-20(12-16-6-3-2-4-7-16)22-25-19-13-17(23(28)29)9-10-21(19)26(22)14-18-8-5-11-30-18/h2-4,6-7,9-10,13,18,20H,5,8,11-12,14H2,1H3,(H,24,27)(H,28,29)/t18-,20-/m0/s1. The van der Waals surface area contributed by atoms with Gasteiger partial charge in [0.2, 0.25) is 5.91 Å². The number of fused-ring (bicyclic) bond motifs is 1. The van der Waals surface area contributed by atoms with E-state index in [0.29, 0.717) is 24.3 Å². The monoisotopic (exact) mass is 407 g/mol. The molecule has 0 spiro atoms. The largest absolute Gasteiger partial charge is 0.478 e. The molecule has 0 unspecified atom stereocenters. The van der Waals surface area contributed by atoms with Crippen LogP contribution in [-0.2, 0) is 22.5 Å². The highest BCUT2D eigenvalue weighted by atomic mass is 16.5. The molecule has 7 heteroatoms. The first kappa shape index (κ1) is 20.1. The van der Waals surface area contributed by atoms with E-state index in [1.54, 1.807) is 18.2 Å². The third-order valence-electron chi connectivity index (χ3n) is 5.41. The quantitative estimate of drug-likeness (QED) is 0.627. The van der Waals surface area contributed by atoms with Crippen LogP contribution in [0.25, 0.3) is 11.0 Å². The molecule has 2 atom stereocenters. The van der Waals surface area contributed by atoms with Gasteiger partial charge in [-0.15, -0.1) is 0 Å². The Hall–Kier alpha value is -3.19. The van der Waals surface area contributed by atoms with Crippen molar-refractivity contribution in [1.82, 2.24) is 14.9 Å². The third-order valence-corrected chi connectivity index (χ3v) is 5.41. The summed E-state index contributed by atoms with van der Waals surface area (Å²) in [7, 11) is 0. The highest BCUT2D eigenvalue weighted by Crippen LogP contribution is 2.27. The molecule has 30 heavy (non-hydrogen) atoms.